The van der Waals surface area contributed by atoms with Crippen LogP contribution in [0.4, 0.5) is 0 Å². The van der Waals surface area contributed by atoms with Gasteiger partial charge in [-0.25, -0.2) is 0 Å². The highest BCUT2D eigenvalue weighted by atomic mass is 16.6. The first-order valence-corrected chi connectivity index (χ1v) is 3.46. The summed E-state index contributed by atoms with van der Waals surface area (Å²) in [5, 5.41) is 0. The van der Waals surface area contributed by atoms with E-state index >= 15 is 0 Å². The summed E-state index contributed by atoms with van der Waals surface area (Å²) in [7, 11) is 1.50. The molecule has 0 aliphatic carbocycles. The van der Waals surface area contributed by atoms with Crippen LogP contribution >= 0.6 is 0 Å². The predicted octanol–water partition coefficient (Wildman–Crippen LogP) is 1.65. The molecule has 0 unspecified atom stereocenters. The Kier molecular flexibility index (Phi) is 502. The highest BCUT2D eigenvalue weighted by Gasteiger charge is 1.35. The van der Waals surface area contributed by atoms with Gasteiger partial charge in [-0.05, 0) is 7.05 Å². The van der Waals surface area contributed by atoms with E-state index in [1.807, 2.05) is 27.7 Å². The molecular formula is C7H22N2O. The van der Waals surface area contributed by atoms with Crippen LogP contribution < -0.4 is 11.6 Å². The Morgan fingerprint density at radius 3 is 1.20 bits per heavy atom. The van der Waals surface area contributed by atoms with Crippen molar-refractivity contribution in [2.24, 2.45) is 11.6 Å². The van der Waals surface area contributed by atoms with Crippen LogP contribution in [-0.2, 0) is 4.84 Å². The van der Waals surface area contributed by atoms with Crippen molar-refractivity contribution in [3.63, 3.8) is 0 Å². The molecule has 0 aromatic heterocycles. The van der Waals surface area contributed by atoms with Crippen LogP contribution in [0.25, 0.3) is 0 Å². The van der Waals surface area contributed by atoms with Gasteiger partial charge in [-0.15, -0.1) is 0 Å². The third kappa shape index (κ3) is 1470. The Morgan fingerprint density at radius 1 is 1.10 bits per heavy atom. The summed E-state index contributed by atoms with van der Waals surface area (Å²) in [5.74, 6) is 4.41. The summed E-state index contributed by atoms with van der Waals surface area (Å²) in [4.78, 5) is 3.81. The van der Waals surface area contributed by atoms with Crippen molar-refractivity contribution >= 4 is 0 Å². The summed E-state index contributed by atoms with van der Waals surface area (Å²) in [6, 6.07) is 0. The molecule has 0 amide bonds. The quantitative estimate of drug-likeness (QED) is 0.441. The normalized spacial score (nSPS) is 3.90. The fraction of sp³-hybridized carbons (Fsp3) is 0.714. The molecule has 0 saturated carbocycles. The molecule has 3 heteroatoms. The van der Waals surface area contributed by atoms with Gasteiger partial charge in [0.25, 0.3) is 0 Å². The average Bonchev–Trinajstić information content (AvgIpc) is 2.14. The summed E-state index contributed by atoms with van der Waals surface area (Å²) in [6.07, 6.45) is 1.15. The van der Waals surface area contributed by atoms with Gasteiger partial charge in [0.05, 0.1) is 0 Å². The Balaban J connectivity index is -0.0000000262. The lowest BCUT2D eigenvalue weighted by Gasteiger charge is -1.72. The number of rotatable bonds is 1. The van der Waals surface area contributed by atoms with E-state index in [9.17, 15) is 0 Å². The van der Waals surface area contributed by atoms with E-state index in [1.54, 1.807) is 0 Å². The molecule has 0 heterocycles. The van der Waals surface area contributed by atoms with Crippen LogP contribution in [-0.4, -0.2) is 7.05 Å². The van der Waals surface area contributed by atoms with Gasteiger partial charge in [-0.3, -0.25) is 0 Å². The first-order valence-electron chi connectivity index (χ1n) is 3.46. The maximum atomic E-state index is 4.50. The second kappa shape index (κ2) is 221. The van der Waals surface area contributed by atoms with Crippen LogP contribution in [0, 0.1) is 0 Å². The van der Waals surface area contributed by atoms with Crippen molar-refractivity contribution in [1.29, 1.82) is 0 Å². The third-order valence-electron chi connectivity index (χ3n) is 0.0962. The zero-order valence-corrected chi connectivity index (χ0v) is 7.85. The monoisotopic (exact) mass is 150 g/mol. The van der Waals surface area contributed by atoms with E-state index in [1.165, 1.54) is 7.05 Å². The van der Waals surface area contributed by atoms with Crippen molar-refractivity contribution in [3.05, 3.63) is 12.8 Å². The van der Waals surface area contributed by atoms with Gasteiger partial charge >= 0.3 is 0 Å². The Morgan fingerprint density at radius 2 is 1.20 bits per heavy atom. The van der Waals surface area contributed by atoms with Crippen molar-refractivity contribution in [3.8, 4) is 0 Å². The van der Waals surface area contributed by atoms with Crippen molar-refractivity contribution in [1.82, 2.24) is 0 Å². The van der Waals surface area contributed by atoms with Crippen LogP contribution in [0.15, 0.2) is 12.8 Å². The smallest absolute Gasteiger partial charge is 0.103 e. The first kappa shape index (κ1) is 22.7. The molecule has 0 radical (unpaired) electrons. The lowest BCUT2D eigenvalue weighted by Crippen LogP contribution is -1.85. The minimum absolute atomic E-state index is 1.15. The van der Waals surface area contributed by atoms with Crippen LogP contribution in [0.2, 0.25) is 0 Å². The molecule has 0 rings (SSSR count). The molecule has 0 aliphatic rings. The maximum absolute atomic E-state index is 4.50. The van der Waals surface area contributed by atoms with Crippen LogP contribution in [0.1, 0.15) is 27.7 Å². The average molecular weight is 150 g/mol. The van der Waals surface area contributed by atoms with E-state index in [-0.39, 0.29) is 0 Å². The van der Waals surface area contributed by atoms with Gasteiger partial charge in [0, 0.05) is 0 Å². The second-order valence-electron chi connectivity index (χ2n) is 0.303. The van der Waals surface area contributed by atoms with Crippen LogP contribution in [0.3, 0.4) is 0 Å². The molecule has 0 bridgehead atoms. The van der Waals surface area contributed by atoms with Gasteiger partial charge in [0.15, 0.2) is 0 Å². The molecule has 3 nitrogen and oxygen atoms in total. The third-order valence-corrected chi connectivity index (χ3v) is 0.0962. The summed E-state index contributed by atoms with van der Waals surface area (Å²) in [5.41, 5.74) is 4.50. The molecule has 0 aliphatic heterocycles. The summed E-state index contributed by atoms with van der Waals surface area (Å²) in [6.45, 7) is 11.1. The van der Waals surface area contributed by atoms with E-state index in [4.69, 9.17) is 0 Å². The maximum Gasteiger partial charge on any atom is 0.103 e. The van der Waals surface area contributed by atoms with Gasteiger partial charge in [0.1, 0.15) is 6.26 Å². The lowest BCUT2D eigenvalue weighted by molar-refractivity contribution is 0.262. The molecule has 0 saturated heterocycles. The lowest BCUT2D eigenvalue weighted by atomic mass is 11.0. The van der Waals surface area contributed by atoms with Gasteiger partial charge < -0.3 is 10.6 Å². The minimum Gasteiger partial charge on any atom is -0.420 e. The molecule has 0 spiro atoms. The van der Waals surface area contributed by atoms with Gasteiger partial charge in [-0.1, -0.05) is 34.3 Å². The minimum atomic E-state index is 1.15. The first-order chi connectivity index (χ1) is 4.91. The van der Waals surface area contributed by atoms with Crippen molar-refractivity contribution in [2.45, 2.75) is 27.7 Å². The number of hydrogen-bond donors (Lipinski definition) is 2. The summed E-state index contributed by atoms with van der Waals surface area (Å²) >= 11 is 0. The SMILES string of the molecule is C=CON.CC.CC.CN. The molecule has 66 valence electrons. The Labute approximate surface area is 65.0 Å². The molecule has 0 atom stereocenters. The van der Waals surface area contributed by atoms with E-state index in [0.717, 1.165) is 6.26 Å². The van der Waals surface area contributed by atoms with Crippen molar-refractivity contribution in [2.75, 3.05) is 7.05 Å². The summed E-state index contributed by atoms with van der Waals surface area (Å²) < 4.78 is 0. The van der Waals surface area contributed by atoms with Gasteiger partial charge in [-0.2, -0.15) is 5.90 Å². The fourth-order valence-electron chi connectivity index (χ4n) is 0. The zero-order chi connectivity index (χ0) is 9.41. The van der Waals surface area contributed by atoms with Crippen LogP contribution in [0.5, 0.6) is 0 Å². The highest BCUT2D eigenvalue weighted by molar-refractivity contribution is 4.42. The largest absolute Gasteiger partial charge is 0.420 e. The molecular weight excluding hydrogens is 128 g/mol. The zero-order valence-electron chi connectivity index (χ0n) is 7.85. The van der Waals surface area contributed by atoms with E-state index in [0.29, 0.717) is 0 Å². The van der Waals surface area contributed by atoms with E-state index in [2.05, 4.69) is 23.0 Å². The Hall–Kier alpha value is -0.540. The molecule has 0 aromatic rings. The fourth-order valence-corrected chi connectivity index (χ4v) is 0. The van der Waals surface area contributed by atoms with E-state index < -0.39 is 0 Å². The Bertz CT molecular complexity index is 25.6. The molecule has 0 aromatic carbocycles. The number of hydrogen-bond acceptors (Lipinski definition) is 3. The van der Waals surface area contributed by atoms with Crippen molar-refractivity contribution < 1.29 is 4.84 Å². The highest BCUT2D eigenvalue weighted by Crippen LogP contribution is 1.45. The molecule has 0 fully saturated rings. The number of nitrogens with two attached hydrogens (primary N) is 2. The molecule has 4 N–H and O–H groups in total. The predicted molar refractivity (Wildman–Crippen MR) is 48.3 cm³/mol. The molecule has 10 heavy (non-hydrogen) atoms. The topological polar surface area (TPSA) is 61.3 Å². The standard InChI is InChI=1S/C2H5NO.2C2H6.CH5N/c1-2-4-3;3*1-2/h2H,1,3H2;2*1-2H3;2H2,1H3. The second-order valence-corrected chi connectivity index (χ2v) is 0.303. The van der Waals surface area contributed by atoms with Gasteiger partial charge in [0.2, 0.25) is 0 Å².